The zero-order valence-electron chi connectivity index (χ0n) is 11.8. The topological polar surface area (TPSA) is 55.4 Å². The fourth-order valence-corrected chi connectivity index (χ4v) is 1.95. The Kier molecular flexibility index (Phi) is 5.23. The van der Waals surface area contributed by atoms with Crippen LogP contribution in [0.4, 0.5) is 0 Å². The first-order valence-corrected chi connectivity index (χ1v) is 6.67. The summed E-state index contributed by atoms with van der Waals surface area (Å²) in [7, 11) is 1.46. The van der Waals surface area contributed by atoms with Crippen LogP contribution in [0, 0.1) is 0 Å². The Morgan fingerprint density at radius 3 is 2.00 bits per heavy atom. The lowest BCUT2D eigenvalue weighted by Crippen LogP contribution is -2.38. The lowest BCUT2D eigenvalue weighted by atomic mass is 10.1. The van der Waals surface area contributed by atoms with Crippen molar-refractivity contribution >= 4 is 11.7 Å². The molecule has 2 rings (SSSR count). The molecule has 21 heavy (non-hydrogen) atoms. The van der Waals surface area contributed by atoms with E-state index in [-0.39, 0.29) is 18.2 Å². The first-order chi connectivity index (χ1) is 10.2. The standard InChI is InChI=1S/C17H17NO3/c1-21-15(16(19)13-8-4-2-5-9-13)12-18-17(20)14-10-6-3-7-11-14/h2-11,15H,12H2,1H3,(H,18,20)/t15-/m0/s1. The molecule has 0 heterocycles. The minimum atomic E-state index is -0.694. The minimum absolute atomic E-state index is 0.137. The van der Waals surface area contributed by atoms with E-state index in [9.17, 15) is 9.59 Å². The molecular weight excluding hydrogens is 266 g/mol. The highest BCUT2D eigenvalue weighted by Crippen LogP contribution is 2.06. The van der Waals surface area contributed by atoms with Gasteiger partial charge in [0.05, 0.1) is 6.54 Å². The van der Waals surface area contributed by atoms with Gasteiger partial charge in [0.2, 0.25) is 0 Å². The average Bonchev–Trinajstić information content (AvgIpc) is 2.56. The van der Waals surface area contributed by atoms with Gasteiger partial charge in [-0.25, -0.2) is 0 Å². The highest BCUT2D eigenvalue weighted by molar-refractivity contribution is 6.00. The Morgan fingerprint density at radius 1 is 0.952 bits per heavy atom. The molecule has 4 nitrogen and oxygen atoms in total. The Balaban J connectivity index is 1.97. The number of carbonyl (C=O) groups excluding carboxylic acids is 2. The summed E-state index contributed by atoms with van der Waals surface area (Å²) in [6.45, 7) is 0.137. The van der Waals surface area contributed by atoms with Crippen molar-refractivity contribution in [3.05, 3.63) is 71.8 Å². The van der Waals surface area contributed by atoms with Crippen LogP contribution < -0.4 is 5.32 Å². The lowest BCUT2D eigenvalue weighted by Gasteiger charge is -2.15. The van der Waals surface area contributed by atoms with Gasteiger partial charge < -0.3 is 10.1 Å². The van der Waals surface area contributed by atoms with E-state index < -0.39 is 6.10 Å². The van der Waals surface area contributed by atoms with Crippen LogP contribution in [0.5, 0.6) is 0 Å². The Hall–Kier alpha value is -2.46. The molecule has 0 radical (unpaired) electrons. The second-order valence-electron chi connectivity index (χ2n) is 4.53. The van der Waals surface area contributed by atoms with Crippen LogP contribution in [0.15, 0.2) is 60.7 Å². The third-order valence-corrected chi connectivity index (χ3v) is 3.12. The molecule has 1 atom stereocenters. The van der Waals surface area contributed by atoms with Crippen LogP contribution >= 0.6 is 0 Å². The lowest BCUT2D eigenvalue weighted by molar-refractivity contribution is 0.0594. The normalized spacial score (nSPS) is 11.7. The van der Waals surface area contributed by atoms with Crippen molar-refractivity contribution in [2.24, 2.45) is 0 Å². The third kappa shape index (κ3) is 4.00. The molecule has 1 N–H and O–H groups in total. The van der Waals surface area contributed by atoms with Gasteiger partial charge in [0, 0.05) is 18.2 Å². The Morgan fingerprint density at radius 2 is 1.48 bits per heavy atom. The second-order valence-corrected chi connectivity index (χ2v) is 4.53. The van der Waals surface area contributed by atoms with Gasteiger partial charge in [-0.05, 0) is 12.1 Å². The fraction of sp³-hybridized carbons (Fsp3) is 0.176. The van der Waals surface area contributed by atoms with E-state index in [0.717, 1.165) is 0 Å². The van der Waals surface area contributed by atoms with E-state index in [2.05, 4.69) is 5.32 Å². The fourth-order valence-electron chi connectivity index (χ4n) is 1.95. The first kappa shape index (κ1) is 14.9. The molecule has 2 aromatic carbocycles. The van der Waals surface area contributed by atoms with Gasteiger partial charge in [-0.2, -0.15) is 0 Å². The predicted octanol–water partition coefficient (Wildman–Crippen LogP) is 2.31. The van der Waals surface area contributed by atoms with Crippen molar-refractivity contribution in [3.63, 3.8) is 0 Å². The average molecular weight is 283 g/mol. The van der Waals surface area contributed by atoms with Crippen LogP contribution in [0.25, 0.3) is 0 Å². The number of ether oxygens (including phenoxy) is 1. The van der Waals surface area contributed by atoms with Gasteiger partial charge in [-0.3, -0.25) is 9.59 Å². The maximum absolute atomic E-state index is 12.2. The molecule has 2 aromatic rings. The van der Waals surface area contributed by atoms with Crippen molar-refractivity contribution < 1.29 is 14.3 Å². The first-order valence-electron chi connectivity index (χ1n) is 6.67. The van der Waals surface area contributed by atoms with Crippen molar-refractivity contribution in [2.45, 2.75) is 6.10 Å². The summed E-state index contributed by atoms with van der Waals surface area (Å²) in [5.74, 6) is -0.370. The second kappa shape index (κ2) is 7.36. The molecule has 0 aliphatic carbocycles. The number of ketones is 1. The molecule has 0 saturated heterocycles. The summed E-state index contributed by atoms with van der Waals surface area (Å²) in [4.78, 5) is 24.2. The van der Waals surface area contributed by atoms with Crippen molar-refractivity contribution in [3.8, 4) is 0 Å². The number of rotatable bonds is 6. The smallest absolute Gasteiger partial charge is 0.251 e. The maximum atomic E-state index is 12.2. The number of Topliss-reactive ketones (excluding diaryl/α,β-unsaturated/α-hetero) is 1. The summed E-state index contributed by atoms with van der Waals surface area (Å²) >= 11 is 0. The van der Waals surface area contributed by atoms with E-state index in [1.54, 1.807) is 48.5 Å². The van der Waals surface area contributed by atoms with Gasteiger partial charge >= 0.3 is 0 Å². The van der Waals surface area contributed by atoms with Gasteiger partial charge in [-0.1, -0.05) is 48.5 Å². The minimum Gasteiger partial charge on any atom is -0.371 e. The number of nitrogens with one attached hydrogen (secondary N) is 1. The zero-order valence-corrected chi connectivity index (χ0v) is 11.8. The number of hydrogen-bond acceptors (Lipinski definition) is 3. The molecule has 0 aliphatic rings. The van der Waals surface area contributed by atoms with Gasteiger partial charge in [0.1, 0.15) is 6.10 Å². The Bertz CT molecular complexity index is 596. The molecule has 0 spiro atoms. The van der Waals surface area contributed by atoms with E-state index >= 15 is 0 Å². The van der Waals surface area contributed by atoms with Crippen LogP contribution in [0.2, 0.25) is 0 Å². The molecule has 0 fully saturated rings. The maximum Gasteiger partial charge on any atom is 0.251 e. The SMILES string of the molecule is CO[C@@H](CNC(=O)c1ccccc1)C(=O)c1ccccc1. The summed E-state index contributed by atoms with van der Waals surface area (Å²) in [6, 6.07) is 17.7. The van der Waals surface area contributed by atoms with Gasteiger partial charge in [0.25, 0.3) is 5.91 Å². The predicted molar refractivity (Wildman–Crippen MR) is 80.3 cm³/mol. The molecule has 0 aliphatic heterocycles. The van der Waals surface area contributed by atoms with Crippen LogP contribution in [0.3, 0.4) is 0 Å². The van der Waals surface area contributed by atoms with Crippen LogP contribution in [-0.2, 0) is 4.74 Å². The molecule has 4 heteroatoms. The van der Waals surface area contributed by atoms with E-state index in [1.165, 1.54) is 7.11 Å². The largest absolute Gasteiger partial charge is 0.371 e. The highest BCUT2D eigenvalue weighted by Gasteiger charge is 2.20. The number of methoxy groups -OCH3 is 1. The zero-order chi connectivity index (χ0) is 15.1. The monoisotopic (exact) mass is 283 g/mol. The van der Waals surface area contributed by atoms with E-state index in [4.69, 9.17) is 4.74 Å². The van der Waals surface area contributed by atoms with E-state index in [0.29, 0.717) is 11.1 Å². The number of carbonyl (C=O) groups is 2. The van der Waals surface area contributed by atoms with E-state index in [1.807, 2.05) is 12.1 Å². The summed E-state index contributed by atoms with van der Waals surface area (Å²) in [5, 5.41) is 2.72. The molecule has 0 saturated carbocycles. The molecule has 0 bridgehead atoms. The van der Waals surface area contributed by atoms with Crippen molar-refractivity contribution in [2.75, 3.05) is 13.7 Å². The van der Waals surface area contributed by atoms with Crippen molar-refractivity contribution in [1.29, 1.82) is 0 Å². The highest BCUT2D eigenvalue weighted by atomic mass is 16.5. The number of hydrogen-bond donors (Lipinski definition) is 1. The molecule has 108 valence electrons. The summed E-state index contributed by atoms with van der Waals surface area (Å²) in [5.41, 5.74) is 1.12. The van der Waals surface area contributed by atoms with Crippen LogP contribution in [0.1, 0.15) is 20.7 Å². The molecular formula is C17H17NO3. The molecule has 0 unspecified atom stereocenters. The molecule has 1 amide bonds. The third-order valence-electron chi connectivity index (χ3n) is 3.12. The summed E-state index contributed by atoms with van der Waals surface area (Å²) < 4.78 is 5.19. The van der Waals surface area contributed by atoms with Crippen molar-refractivity contribution in [1.82, 2.24) is 5.32 Å². The van der Waals surface area contributed by atoms with Crippen LogP contribution in [-0.4, -0.2) is 31.4 Å². The quantitative estimate of drug-likeness (QED) is 0.828. The van der Waals surface area contributed by atoms with Gasteiger partial charge in [0.15, 0.2) is 5.78 Å². The Labute approximate surface area is 123 Å². The number of amides is 1. The molecule has 0 aromatic heterocycles. The van der Waals surface area contributed by atoms with Gasteiger partial charge in [-0.15, -0.1) is 0 Å². The number of benzene rings is 2. The summed E-state index contributed by atoms with van der Waals surface area (Å²) in [6.07, 6.45) is -0.694.